The smallest absolute Gasteiger partial charge is 0.409 e. The third-order valence-electron chi connectivity index (χ3n) is 4.05. The van der Waals surface area contributed by atoms with Crippen LogP contribution in [0.5, 0.6) is 0 Å². The molecule has 2 fully saturated rings. The van der Waals surface area contributed by atoms with E-state index in [0.717, 1.165) is 25.7 Å². The molecule has 0 aromatic heterocycles. The lowest BCUT2D eigenvalue weighted by Crippen LogP contribution is -2.46. The van der Waals surface area contributed by atoms with E-state index in [1.165, 1.54) is 7.11 Å². The monoisotopic (exact) mass is 300 g/mol. The van der Waals surface area contributed by atoms with Crippen LogP contribution in [0.2, 0.25) is 0 Å². The Morgan fingerprint density at radius 3 is 2.35 bits per heavy atom. The lowest BCUT2D eigenvalue weighted by molar-refractivity contribution is 0.0801. The molecule has 2 aliphatic rings. The molecule has 2 aliphatic heterocycles. The molecule has 6 heteroatoms. The molecule has 2 bridgehead atoms. The minimum Gasteiger partial charge on any atom is -0.591 e. The quantitative estimate of drug-likeness (QED) is 0.581. The minimum absolute atomic E-state index is 0.217. The van der Waals surface area contributed by atoms with E-state index in [1.807, 2.05) is 31.9 Å². The zero-order valence-corrected chi connectivity index (χ0v) is 13.5. The Morgan fingerprint density at radius 2 is 1.90 bits per heavy atom. The van der Waals surface area contributed by atoms with Crippen LogP contribution < -0.4 is 0 Å². The lowest BCUT2D eigenvalue weighted by atomic mass is 9.92. The van der Waals surface area contributed by atoms with Crippen LogP contribution >= 0.6 is 0 Å². The average molecular weight is 300 g/mol. The number of ether oxygens (including phenoxy) is 1. The van der Waals surface area contributed by atoms with Gasteiger partial charge in [0.2, 0.25) is 0 Å². The summed E-state index contributed by atoms with van der Waals surface area (Å²) in [6, 6.07) is 0.501. The Balaban J connectivity index is 1.96. The predicted molar refractivity (Wildman–Crippen MR) is 80.2 cm³/mol. The lowest BCUT2D eigenvalue weighted by Gasteiger charge is -2.36. The number of rotatable bonds is 2. The van der Waals surface area contributed by atoms with Gasteiger partial charge in [0.05, 0.1) is 13.3 Å². The summed E-state index contributed by atoms with van der Waals surface area (Å²) >= 11 is -1.20. The highest BCUT2D eigenvalue weighted by Gasteiger charge is 2.43. The molecule has 0 aromatic rings. The maximum atomic E-state index is 11.9. The van der Waals surface area contributed by atoms with Crippen LogP contribution in [-0.2, 0) is 16.1 Å². The molecule has 20 heavy (non-hydrogen) atoms. The summed E-state index contributed by atoms with van der Waals surface area (Å²) < 4.78 is 20.7. The molecule has 4 atom stereocenters. The van der Waals surface area contributed by atoms with Crippen molar-refractivity contribution in [1.82, 2.24) is 4.90 Å². The van der Waals surface area contributed by atoms with Gasteiger partial charge in [-0.15, -0.1) is 0 Å². The summed E-state index contributed by atoms with van der Waals surface area (Å²) in [5, 5.41) is 0. The van der Waals surface area contributed by atoms with Gasteiger partial charge < -0.3 is 14.2 Å². The number of methoxy groups -OCH3 is 1. The van der Waals surface area contributed by atoms with Crippen molar-refractivity contribution in [3.05, 3.63) is 0 Å². The first-order valence-electron chi connectivity index (χ1n) is 7.15. The molecular weight excluding hydrogens is 276 g/mol. The van der Waals surface area contributed by atoms with Crippen LogP contribution in [0, 0.1) is 5.92 Å². The molecular formula is C14H24N2O3S. The fourth-order valence-corrected chi connectivity index (χ4v) is 3.64. The maximum Gasteiger partial charge on any atom is 0.409 e. The second-order valence-corrected chi connectivity index (χ2v) is 8.54. The molecule has 0 saturated carbocycles. The second kappa shape index (κ2) is 5.93. The van der Waals surface area contributed by atoms with Crippen molar-refractivity contribution in [2.45, 2.75) is 63.3 Å². The Kier molecular flexibility index (Phi) is 4.64. The Hall–Kier alpha value is -0.750. The molecule has 114 valence electrons. The van der Waals surface area contributed by atoms with Crippen LogP contribution in [0.25, 0.3) is 0 Å². The van der Waals surface area contributed by atoms with E-state index in [4.69, 9.17) is 4.74 Å². The molecule has 5 nitrogen and oxygen atoms in total. The highest BCUT2D eigenvalue weighted by Crippen LogP contribution is 2.38. The molecule has 1 amide bonds. The van der Waals surface area contributed by atoms with Crippen molar-refractivity contribution in [3.63, 3.8) is 0 Å². The number of hydrogen-bond acceptors (Lipinski definition) is 4. The number of piperidine rings is 1. The summed E-state index contributed by atoms with van der Waals surface area (Å²) in [4.78, 5) is 13.6. The molecule has 2 saturated heterocycles. The Labute approximate surface area is 124 Å². The van der Waals surface area contributed by atoms with Crippen LogP contribution in [0.3, 0.4) is 0 Å². The van der Waals surface area contributed by atoms with Gasteiger partial charge >= 0.3 is 6.09 Å². The second-order valence-electron chi connectivity index (χ2n) is 6.61. The molecule has 0 aromatic carbocycles. The molecule has 2 rings (SSSR count). The highest BCUT2D eigenvalue weighted by atomic mass is 32.2. The van der Waals surface area contributed by atoms with Crippen molar-refractivity contribution in [3.8, 4) is 0 Å². The number of carbonyl (C=O) groups is 1. The fraction of sp³-hybridized carbons (Fsp3) is 0.857. The third kappa shape index (κ3) is 3.28. The molecule has 0 unspecified atom stereocenters. The van der Waals surface area contributed by atoms with Crippen LogP contribution in [-0.4, -0.2) is 45.7 Å². The van der Waals surface area contributed by atoms with Crippen molar-refractivity contribution >= 4 is 23.7 Å². The summed E-state index contributed by atoms with van der Waals surface area (Å²) in [7, 11) is 1.43. The number of nitrogens with zero attached hydrogens (tertiary/aromatic N) is 2. The molecule has 2 heterocycles. The van der Waals surface area contributed by atoms with Crippen LogP contribution in [0.15, 0.2) is 4.40 Å². The van der Waals surface area contributed by atoms with Crippen molar-refractivity contribution < 1.29 is 14.1 Å². The first kappa shape index (κ1) is 15.6. The largest absolute Gasteiger partial charge is 0.591 e. The van der Waals surface area contributed by atoms with E-state index in [2.05, 4.69) is 4.40 Å². The van der Waals surface area contributed by atoms with Gasteiger partial charge in [-0.25, -0.2) is 4.79 Å². The van der Waals surface area contributed by atoms with Crippen LogP contribution in [0.4, 0.5) is 4.79 Å². The molecule has 0 spiro atoms. The molecule has 0 aliphatic carbocycles. The first-order chi connectivity index (χ1) is 9.32. The van der Waals surface area contributed by atoms with Gasteiger partial charge in [0.15, 0.2) is 0 Å². The summed E-state index contributed by atoms with van der Waals surface area (Å²) in [5.41, 5.74) is 0. The van der Waals surface area contributed by atoms with Gasteiger partial charge in [0.1, 0.15) is 16.1 Å². The SMILES string of the molecule is COC(=O)N1[C@@H]2CC[C@H]1C[C@H](/C=N\[S@@+]([O-])C(C)(C)C)C2. The highest BCUT2D eigenvalue weighted by molar-refractivity contribution is 7.91. The van der Waals surface area contributed by atoms with Crippen molar-refractivity contribution in [1.29, 1.82) is 0 Å². The van der Waals surface area contributed by atoms with Crippen molar-refractivity contribution in [2.24, 2.45) is 10.3 Å². The predicted octanol–water partition coefficient (Wildman–Crippen LogP) is 2.53. The van der Waals surface area contributed by atoms with Crippen molar-refractivity contribution in [2.75, 3.05) is 7.11 Å². The molecule has 0 N–H and O–H groups in total. The zero-order chi connectivity index (χ0) is 14.9. The number of carbonyl (C=O) groups excluding carboxylic acids is 1. The normalized spacial score (nSPS) is 31.6. The van der Waals surface area contributed by atoms with Crippen LogP contribution in [0.1, 0.15) is 46.5 Å². The van der Waals surface area contributed by atoms with Gasteiger partial charge in [-0.05, 0) is 46.5 Å². The van der Waals surface area contributed by atoms with Gasteiger partial charge in [0.25, 0.3) is 0 Å². The maximum absolute atomic E-state index is 11.9. The van der Waals surface area contributed by atoms with E-state index in [-0.39, 0.29) is 22.9 Å². The van der Waals surface area contributed by atoms with E-state index < -0.39 is 11.4 Å². The number of fused-ring (bicyclic) bond motifs is 2. The fourth-order valence-electron chi connectivity index (χ4n) is 3.04. The van der Waals surface area contributed by atoms with E-state index in [9.17, 15) is 9.35 Å². The van der Waals surface area contributed by atoms with E-state index >= 15 is 0 Å². The summed E-state index contributed by atoms with van der Waals surface area (Å²) in [6.07, 6.45) is 5.50. The van der Waals surface area contributed by atoms with Gasteiger partial charge in [0, 0.05) is 18.0 Å². The van der Waals surface area contributed by atoms with Gasteiger partial charge in [-0.3, -0.25) is 0 Å². The molecule has 0 radical (unpaired) electrons. The average Bonchev–Trinajstić information content (AvgIpc) is 2.65. The minimum atomic E-state index is -1.20. The summed E-state index contributed by atoms with van der Waals surface area (Å²) in [6.45, 7) is 5.76. The van der Waals surface area contributed by atoms with E-state index in [1.54, 1.807) is 0 Å². The first-order valence-corrected chi connectivity index (χ1v) is 8.26. The van der Waals surface area contributed by atoms with Gasteiger partial charge in [-0.1, -0.05) is 4.40 Å². The van der Waals surface area contributed by atoms with Gasteiger partial charge in [-0.2, -0.15) is 0 Å². The summed E-state index contributed by atoms with van der Waals surface area (Å²) in [5.74, 6) is 0.319. The Bertz CT molecular complexity index is 380. The third-order valence-corrected chi connectivity index (χ3v) is 5.41. The topological polar surface area (TPSA) is 65.0 Å². The Morgan fingerprint density at radius 1 is 1.35 bits per heavy atom. The number of amides is 1. The zero-order valence-electron chi connectivity index (χ0n) is 12.7. The standard InChI is InChI=1S/C14H24N2O3S/c1-14(2,3)20(18)15-9-10-7-11-5-6-12(8-10)16(11)13(17)19-4/h9-12H,5-8H2,1-4H3/b15-9-/t10-,11-,12+,20-/m0/s1. The number of hydrogen-bond donors (Lipinski definition) is 0. The van der Waals surface area contributed by atoms with E-state index in [0.29, 0.717) is 5.92 Å².